The highest BCUT2D eigenvalue weighted by Crippen LogP contribution is 2.23. The van der Waals surface area contributed by atoms with E-state index in [4.69, 9.17) is 5.73 Å². The fraction of sp³-hybridized carbons (Fsp3) is 0.273. The predicted molar refractivity (Wildman–Crippen MR) is 62.4 cm³/mol. The molecule has 0 saturated heterocycles. The Kier molecular flexibility index (Phi) is 2.52. The van der Waals surface area contributed by atoms with Crippen LogP contribution < -0.4 is 11.3 Å². The first-order valence-electron chi connectivity index (χ1n) is 5.11. The van der Waals surface area contributed by atoms with Gasteiger partial charge >= 0.3 is 0 Å². The van der Waals surface area contributed by atoms with Crippen molar-refractivity contribution in [3.05, 3.63) is 28.8 Å². The third-order valence-corrected chi connectivity index (χ3v) is 2.44. The number of anilines is 1. The Hall–Kier alpha value is -2.04. The van der Waals surface area contributed by atoms with Crippen molar-refractivity contribution in [3.8, 4) is 5.75 Å². The summed E-state index contributed by atoms with van der Waals surface area (Å²) >= 11 is 0. The standard InChI is InChI=1S/C11H13N3O2/c1-2-3-14-6-13-9-5-10(15)8(12)4-7(9)11(14)16/h4-6,15H,2-3,12H2,1H3. The van der Waals surface area contributed by atoms with Crippen molar-refractivity contribution >= 4 is 16.6 Å². The summed E-state index contributed by atoms with van der Waals surface area (Å²) in [5.41, 5.74) is 6.08. The molecule has 0 spiro atoms. The van der Waals surface area contributed by atoms with Gasteiger partial charge in [0, 0.05) is 12.6 Å². The van der Waals surface area contributed by atoms with Gasteiger partial charge in [0.15, 0.2) is 0 Å². The van der Waals surface area contributed by atoms with Gasteiger partial charge in [0.2, 0.25) is 0 Å². The highest BCUT2D eigenvalue weighted by atomic mass is 16.3. The molecule has 3 N–H and O–H groups in total. The zero-order chi connectivity index (χ0) is 11.7. The molecule has 0 amide bonds. The van der Waals surface area contributed by atoms with Gasteiger partial charge in [-0.25, -0.2) is 4.98 Å². The normalized spacial score (nSPS) is 10.8. The maximum absolute atomic E-state index is 12.0. The molecule has 0 radical (unpaired) electrons. The van der Waals surface area contributed by atoms with Gasteiger partial charge in [-0.3, -0.25) is 9.36 Å². The quantitative estimate of drug-likeness (QED) is 0.585. The molecule has 0 aliphatic carbocycles. The van der Waals surface area contributed by atoms with Crippen molar-refractivity contribution in [2.75, 3.05) is 5.73 Å². The number of phenols is 1. The second kappa shape index (κ2) is 3.84. The number of aromatic hydroxyl groups is 1. The van der Waals surface area contributed by atoms with E-state index in [0.717, 1.165) is 6.42 Å². The van der Waals surface area contributed by atoms with E-state index in [9.17, 15) is 9.90 Å². The molecule has 0 aliphatic heterocycles. The van der Waals surface area contributed by atoms with Crippen LogP contribution in [0.25, 0.3) is 10.9 Å². The zero-order valence-corrected chi connectivity index (χ0v) is 8.97. The molecule has 1 aromatic heterocycles. The van der Waals surface area contributed by atoms with E-state index in [2.05, 4.69) is 4.98 Å². The third-order valence-electron chi connectivity index (χ3n) is 2.44. The Balaban J connectivity index is 2.74. The van der Waals surface area contributed by atoms with Crippen molar-refractivity contribution in [3.63, 3.8) is 0 Å². The van der Waals surface area contributed by atoms with Crippen LogP contribution in [0.4, 0.5) is 5.69 Å². The lowest BCUT2D eigenvalue weighted by Crippen LogP contribution is -2.20. The Morgan fingerprint density at radius 2 is 2.25 bits per heavy atom. The molecule has 2 aromatic rings. The van der Waals surface area contributed by atoms with Crippen LogP contribution >= 0.6 is 0 Å². The van der Waals surface area contributed by atoms with Gasteiger partial charge in [-0.15, -0.1) is 0 Å². The van der Waals surface area contributed by atoms with Crippen molar-refractivity contribution in [2.24, 2.45) is 0 Å². The first kappa shape index (κ1) is 10.5. The Labute approximate surface area is 92.2 Å². The van der Waals surface area contributed by atoms with Gasteiger partial charge in [-0.2, -0.15) is 0 Å². The summed E-state index contributed by atoms with van der Waals surface area (Å²) in [6, 6.07) is 2.87. The number of nitrogens with two attached hydrogens (primary N) is 1. The van der Waals surface area contributed by atoms with Crippen molar-refractivity contribution in [2.45, 2.75) is 19.9 Å². The van der Waals surface area contributed by atoms with Crippen LogP contribution in [0.5, 0.6) is 5.75 Å². The maximum atomic E-state index is 12.0. The lowest BCUT2D eigenvalue weighted by Gasteiger charge is -2.06. The molecule has 1 heterocycles. The summed E-state index contributed by atoms with van der Waals surface area (Å²) in [6.07, 6.45) is 2.35. The topological polar surface area (TPSA) is 81.1 Å². The molecule has 0 unspecified atom stereocenters. The monoisotopic (exact) mass is 219 g/mol. The third kappa shape index (κ3) is 1.60. The number of nitrogens with zero attached hydrogens (tertiary/aromatic N) is 2. The number of rotatable bonds is 2. The van der Waals surface area contributed by atoms with E-state index in [1.54, 1.807) is 4.57 Å². The zero-order valence-electron chi connectivity index (χ0n) is 8.97. The predicted octanol–water partition coefficient (Wildman–Crippen LogP) is 1.09. The average Bonchev–Trinajstić information content (AvgIpc) is 2.26. The van der Waals surface area contributed by atoms with Crippen LogP contribution in [0, 0.1) is 0 Å². The minimum Gasteiger partial charge on any atom is -0.506 e. The lowest BCUT2D eigenvalue weighted by molar-refractivity contribution is 0.478. The number of benzene rings is 1. The minimum atomic E-state index is -0.126. The lowest BCUT2D eigenvalue weighted by atomic mass is 10.2. The molecular formula is C11H13N3O2. The number of fused-ring (bicyclic) bond motifs is 1. The number of hydrogen-bond acceptors (Lipinski definition) is 4. The summed E-state index contributed by atoms with van der Waals surface area (Å²) in [5, 5.41) is 9.84. The largest absolute Gasteiger partial charge is 0.506 e. The van der Waals surface area contributed by atoms with Crippen LogP contribution in [-0.4, -0.2) is 14.7 Å². The van der Waals surface area contributed by atoms with E-state index in [1.165, 1.54) is 18.5 Å². The summed E-state index contributed by atoms with van der Waals surface area (Å²) < 4.78 is 1.54. The van der Waals surface area contributed by atoms with Gasteiger partial charge in [-0.1, -0.05) is 6.92 Å². The van der Waals surface area contributed by atoms with Crippen LogP contribution in [0.3, 0.4) is 0 Å². The van der Waals surface area contributed by atoms with Gasteiger partial charge in [-0.05, 0) is 12.5 Å². The molecule has 0 fully saturated rings. The van der Waals surface area contributed by atoms with Crippen LogP contribution in [0.15, 0.2) is 23.3 Å². The molecule has 5 heteroatoms. The minimum absolute atomic E-state index is 0.0485. The van der Waals surface area contributed by atoms with E-state index in [1.807, 2.05) is 6.92 Å². The molecule has 0 bridgehead atoms. The maximum Gasteiger partial charge on any atom is 0.261 e. The first-order chi connectivity index (χ1) is 7.63. The van der Waals surface area contributed by atoms with Crippen LogP contribution in [0.2, 0.25) is 0 Å². The number of nitrogen functional groups attached to an aromatic ring is 1. The fourth-order valence-electron chi connectivity index (χ4n) is 1.61. The number of phenolic OH excluding ortho intramolecular Hbond substituents is 1. The Morgan fingerprint density at radius 1 is 1.50 bits per heavy atom. The molecule has 2 rings (SSSR count). The SMILES string of the molecule is CCCn1cnc2cc(O)c(N)cc2c1=O. The molecule has 0 aliphatic rings. The molecule has 0 atom stereocenters. The van der Waals surface area contributed by atoms with Gasteiger partial charge in [0.25, 0.3) is 5.56 Å². The van der Waals surface area contributed by atoms with Gasteiger partial charge < -0.3 is 10.8 Å². The Morgan fingerprint density at radius 3 is 2.94 bits per heavy atom. The number of hydrogen-bond donors (Lipinski definition) is 2. The summed E-state index contributed by atoms with van der Waals surface area (Å²) in [6.45, 7) is 2.62. The highest BCUT2D eigenvalue weighted by Gasteiger charge is 2.06. The van der Waals surface area contributed by atoms with E-state index >= 15 is 0 Å². The van der Waals surface area contributed by atoms with Crippen molar-refractivity contribution < 1.29 is 5.11 Å². The van der Waals surface area contributed by atoms with Crippen LogP contribution in [-0.2, 0) is 6.54 Å². The highest BCUT2D eigenvalue weighted by molar-refractivity contribution is 5.83. The number of aromatic nitrogens is 2. The molecule has 1 aromatic carbocycles. The summed E-state index contributed by atoms with van der Waals surface area (Å²) in [5.74, 6) is -0.0485. The molecule has 5 nitrogen and oxygen atoms in total. The second-order valence-electron chi connectivity index (χ2n) is 3.67. The van der Waals surface area contributed by atoms with Gasteiger partial charge in [0.1, 0.15) is 5.75 Å². The molecule has 0 saturated carbocycles. The average molecular weight is 219 g/mol. The fourth-order valence-corrected chi connectivity index (χ4v) is 1.61. The summed E-state index contributed by atoms with van der Waals surface area (Å²) in [7, 11) is 0. The van der Waals surface area contributed by atoms with Gasteiger partial charge in [0.05, 0.1) is 22.9 Å². The Bertz CT molecular complexity index is 590. The van der Waals surface area contributed by atoms with Crippen molar-refractivity contribution in [1.29, 1.82) is 0 Å². The molecule has 84 valence electrons. The summed E-state index contributed by atoms with van der Waals surface area (Å²) in [4.78, 5) is 16.1. The molecular weight excluding hydrogens is 206 g/mol. The first-order valence-corrected chi connectivity index (χ1v) is 5.11. The molecule has 16 heavy (non-hydrogen) atoms. The smallest absolute Gasteiger partial charge is 0.261 e. The number of aryl methyl sites for hydroxylation is 1. The van der Waals surface area contributed by atoms with E-state index < -0.39 is 0 Å². The van der Waals surface area contributed by atoms with Crippen LogP contribution in [0.1, 0.15) is 13.3 Å². The van der Waals surface area contributed by atoms with E-state index in [-0.39, 0.29) is 17.0 Å². The van der Waals surface area contributed by atoms with Crippen molar-refractivity contribution in [1.82, 2.24) is 9.55 Å². The second-order valence-corrected chi connectivity index (χ2v) is 3.67. The van der Waals surface area contributed by atoms with E-state index in [0.29, 0.717) is 17.4 Å².